The Hall–Kier alpha value is -2.13. The molecule has 0 saturated heterocycles. The van der Waals surface area contributed by atoms with E-state index in [1.54, 1.807) is 0 Å². The predicted octanol–water partition coefficient (Wildman–Crippen LogP) is 3.84. The van der Waals surface area contributed by atoms with Gasteiger partial charge in [0.1, 0.15) is 0 Å². The van der Waals surface area contributed by atoms with E-state index in [0.717, 1.165) is 24.3 Å². The highest BCUT2D eigenvalue weighted by Crippen LogP contribution is 2.29. The Morgan fingerprint density at radius 2 is 1.77 bits per heavy atom. The van der Waals surface area contributed by atoms with Gasteiger partial charge < -0.3 is 10.6 Å². The molecule has 3 heteroatoms. The van der Waals surface area contributed by atoms with Gasteiger partial charge in [0.05, 0.1) is 0 Å². The van der Waals surface area contributed by atoms with Crippen molar-refractivity contribution in [1.82, 2.24) is 5.32 Å². The van der Waals surface area contributed by atoms with E-state index in [4.69, 9.17) is 0 Å². The van der Waals surface area contributed by atoms with E-state index in [9.17, 15) is 4.79 Å². The van der Waals surface area contributed by atoms with Gasteiger partial charge in [-0.05, 0) is 40.3 Å². The Morgan fingerprint density at radius 3 is 2.55 bits per heavy atom. The van der Waals surface area contributed by atoms with E-state index in [1.165, 1.54) is 11.1 Å². The molecular formula is C19H22N2O. The van der Waals surface area contributed by atoms with Gasteiger partial charge >= 0.3 is 0 Å². The highest BCUT2D eigenvalue weighted by Gasteiger charge is 2.19. The first-order chi connectivity index (χ1) is 10.4. The second kappa shape index (κ2) is 5.58. The Bertz CT molecular complexity index is 714. The molecule has 0 bridgehead atoms. The Balaban J connectivity index is 1.86. The molecule has 114 valence electrons. The first kappa shape index (κ1) is 14.8. The number of fused-ring (bicyclic) bond motifs is 1. The zero-order chi connectivity index (χ0) is 15.7. The molecule has 2 aromatic rings. The molecule has 3 nitrogen and oxygen atoms in total. The zero-order valence-electron chi connectivity index (χ0n) is 13.4. The average molecular weight is 294 g/mol. The molecule has 0 radical (unpaired) electrons. The third-order valence-corrected chi connectivity index (χ3v) is 4.08. The number of rotatable bonds is 2. The van der Waals surface area contributed by atoms with Crippen molar-refractivity contribution < 1.29 is 4.79 Å². The lowest BCUT2D eigenvalue weighted by Crippen LogP contribution is -2.18. The predicted molar refractivity (Wildman–Crippen MR) is 90.1 cm³/mol. The molecule has 2 aromatic carbocycles. The van der Waals surface area contributed by atoms with Gasteiger partial charge in [-0.25, -0.2) is 0 Å². The number of amides is 1. The zero-order valence-corrected chi connectivity index (χ0v) is 13.4. The molecule has 1 amide bonds. The summed E-state index contributed by atoms with van der Waals surface area (Å²) in [5.74, 6) is -0.0496. The van der Waals surface area contributed by atoms with Crippen LogP contribution in [0.5, 0.6) is 0 Å². The summed E-state index contributed by atoms with van der Waals surface area (Å²) in [6.45, 7) is 8.19. The smallest absolute Gasteiger partial charge is 0.255 e. The summed E-state index contributed by atoms with van der Waals surface area (Å²) >= 11 is 0. The van der Waals surface area contributed by atoms with Crippen molar-refractivity contribution in [3.05, 3.63) is 64.7 Å². The first-order valence-electron chi connectivity index (χ1n) is 7.68. The maximum atomic E-state index is 12.6. The molecule has 2 N–H and O–H groups in total. The lowest BCUT2D eigenvalue weighted by molar-refractivity contribution is 0.102. The fourth-order valence-corrected chi connectivity index (χ4v) is 2.88. The van der Waals surface area contributed by atoms with Crippen LogP contribution in [0, 0.1) is 0 Å². The van der Waals surface area contributed by atoms with Crippen molar-refractivity contribution in [3.63, 3.8) is 0 Å². The second-order valence-electron chi connectivity index (χ2n) is 6.84. The molecule has 22 heavy (non-hydrogen) atoms. The summed E-state index contributed by atoms with van der Waals surface area (Å²) in [6, 6.07) is 13.9. The highest BCUT2D eigenvalue weighted by molar-refractivity contribution is 6.04. The quantitative estimate of drug-likeness (QED) is 0.883. The molecule has 1 heterocycles. The van der Waals surface area contributed by atoms with Crippen LogP contribution in [0.1, 0.15) is 47.8 Å². The molecule has 0 fully saturated rings. The van der Waals surface area contributed by atoms with Crippen molar-refractivity contribution in [2.75, 3.05) is 5.32 Å². The lowest BCUT2D eigenvalue weighted by atomic mass is 9.86. The third kappa shape index (κ3) is 2.90. The van der Waals surface area contributed by atoms with Gasteiger partial charge in [-0.1, -0.05) is 45.0 Å². The molecule has 1 aliphatic rings. The summed E-state index contributed by atoms with van der Waals surface area (Å²) in [7, 11) is 0. The van der Waals surface area contributed by atoms with Crippen LogP contribution in [0.3, 0.4) is 0 Å². The Kier molecular flexibility index (Phi) is 3.75. The molecule has 0 atom stereocenters. The number of nitrogens with one attached hydrogen (secondary N) is 2. The minimum Gasteiger partial charge on any atom is -0.322 e. The fourth-order valence-electron chi connectivity index (χ4n) is 2.88. The number of hydrogen-bond acceptors (Lipinski definition) is 2. The standard InChI is InChI=1S/C19H22N2O/c1-19(2,3)16-6-4-5-7-17(16)21-18(22)13-8-9-14-11-20-12-15(14)10-13/h4-10,20H,11-12H2,1-3H3,(H,21,22). The van der Waals surface area contributed by atoms with Gasteiger partial charge in [0.15, 0.2) is 0 Å². The third-order valence-electron chi connectivity index (χ3n) is 4.08. The molecule has 0 aliphatic carbocycles. The van der Waals surface area contributed by atoms with E-state index in [1.807, 2.05) is 36.4 Å². The summed E-state index contributed by atoms with van der Waals surface area (Å²) in [6.07, 6.45) is 0. The minimum absolute atomic E-state index is 0.00821. The average Bonchev–Trinajstić information content (AvgIpc) is 2.94. The first-order valence-corrected chi connectivity index (χ1v) is 7.68. The summed E-state index contributed by atoms with van der Waals surface area (Å²) in [4.78, 5) is 12.6. The van der Waals surface area contributed by atoms with Crippen molar-refractivity contribution in [1.29, 1.82) is 0 Å². The van der Waals surface area contributed by atoms with E-state index in [2.05, 4.69) is 37.5 Å². The van der Waals surface area contributed by atoms with Crippen molar-refractivity contribution >= 4 is 11.6 Å². The maximum absolute atomic E-state index is 12.6. The van der Waals surface area contributed by atoms with Gasteiger partial charge in [0, 0.05) is 24.3 Å². The van der Waals surface area contributed by atoms with E-state index >= 15 is 0 Å². The number of benzene rings is 2. The molecule has 1 aliphatic heterocycles. The molecular weight excluding hydrogens is 272 g/mol. The lowest BCUT2D eigenvalue weighted by Gasteiger charge is -2.23. The maximum Gasteiger partial charge on any atom is 0.255 e. The SMILES string of the molecule is CC(C)(C)c1ccccc1NC(=O)c1ccc2c(c1)CNC2. The van der Waals surface area contributed by atoms with E-state index in [-0.39, 0.29) is 11.3 Å². The van der Waals surface area contributed by atoms with Crippen LogP contribution < -0.4 is 10.6 Å². The van der Waals surface area contributed by atoms with Crippen LogP contribution in [-0.2, 0) is 18.5 Å². The van der Waals surface area contributed by atoms with Gasteiger partial charge in [0.25, 0.3) is 5.91 Å². The normalized spacial score (nSPS) is 13.8. The second-order valence-corrected chi connectivity index (χ2v) is 6.84. The van der Waals surface area contributed by atoms with Gasteiger partial charge in [-0.2, -0.15) is 0 Å². The van der Waals surface area contributed by atoms with Crippen LogP contribution in [0.15, 0.2) is 42.5 Å². The number of anilines is 1. The van der Waals surface area contributed by atoms with Gasteiger partial charge in [-0.3, -0.25) is 4.79 Å². The summed E-state index contributed by atoms with van der Waals surface area (Å²) < 4.78 is 0. The molecule has 3 rings (SSSR count). The summed E-state index contributed by atoms with van der Waals surface area (Å²) in [5, 5.41) is 6.37. The Labute approximate surface area is 131 Å². The van der Waals surface area contributed by atoms with Gasteiger partial charge in [0.2, 0.25) is 0 Å². The number of hydrogen-bond donors (Lipinski definition) is 2. The Morgan fingerprint density at radius 1 is 1.05 bits per heavy atom. The van der Waals surface area contributed by atoms with Crippen LogP contribution in [0.25, 0.3) is 0 Å². The van der Waals surface area contributed by atoms with Crippen molar-refractivity contribution in [2.24, 2.45) is 0 Å². The van der Waals surface area contributed by atoms with Gasteiger partial charge in [-0.15, -0.1) is 0 Å². The monoisotopic (exact) mass is 294 g/mol. The van der Waals surface area contributed by atoms with Crippen LogP contribution in [0.4, 0.5) is 5.69 Å². The largest absolute Gasteiger partial charge is 0.322 e. The summed E-state index contributed by atoms with van der Waals surface area (Å²) in [5.41, 5.74) is 5.24. The molecule has 0 saturated carbocycles. The van der Waals surface area contributed by atoms with Crippen molar-refractivity contribution in [3.8, 4) is 0 Å². The van der Waals surface area contributed by atoms with Crippen molar-refractivity contribution in [2.45, 2.75) is 39.3 Å². The van der Waals surface area contributed by atoms with Crippen LogP contribution in [0.2, 0.25) is 0 Å². The van der Waals surface area contributed by atoms with E-state index < -0.39 is 0 Å². The topological polar surface area (TPSA) is 41.1 Å². The molecule has 0 aromatic heterocycles. The van der Waals surface area contributed by atoms with E-state index in [0.29, 0.717) is 5.56 Å². The van der Waals surface area contributed by atoms with Crippen LogP contribution in [-0.4, -0.2) is 5.91 Å². The highest BCUT2D eigenvalue weighted by atomic mass is 16.1. The number of carbonyl (C=O) groups excluding carboxylic acids is 1. The van der Waals surface area contributed by atoms with Crippen LogP contribution >= 0.6 is 0 Å². The molecule has 0 spiro atoms. The minimum atomic E-state index is -0.0496. The number of carbonyl (C=O) groups is 1. The number of para-hydroxylation sites is 1. The fraction of sp³-hybridized carbons (Fsp3) is 0.316. The molecule has 0 unspecified atom stereocenters.